The highest BCUT2D eigenvalue weighted by Crippen LogP contribution is 2.24. The van der Waals surface area contributed by atoms with Crippen molar-refractivity contribution >= 4 is 74.8 Å². The zero-order valence-electron chi connectivity index (χ0n) is 40.7. The van der Waals surface area contributed by atoms with E-state index in [4.69, 9.17) is 22.9 Å². The van der Waals surface area contributed by atoms with Gasteiger partial charge in [-0.3, -0.25) is 43.2 Å². The summed E-state index contributed by atoms with van der Waals surface area (Å²) >= 11 is 0. The molecule has 0 saturated carbocycles. The van der Waals surface area contributed by atoms with E-state index in [-0.39, 0.29) is 49.5 Å². The summed E-state index contributed by atoms with van der Waals surface area (Å²) < 4.78 is 0. The van der Waals surface area contributed by atoms with E-state index < -0.39 is 121 Å². The van der Waals surface area contributed by atoms with E-state index in [1.54, 1.807) is 44.2 Å². The molecule has 18 N–H and O–H groups in total. The van der Waals surface area contributed by atoms with Crippen LogP contribution < -0.4 is 65.5 Å². The Morgan fingerprint density at radius 1 is 0.694 bits per heavy atom. The molecule has 0 bridgehead atoms. The average Bonchev–Trinajstić information content (AvgIpc) is 3.36. The normalized spacial score (nSPS) is 22.5. The molecule has 1 aliphatic heterocycles. The SMILES string of the molecule is CC[C@H](C)[C@@H]1NC(=O)[C@@H](N)CSSC[C@@H](C(=O)N[C@@H](CCCCN)C(=O)N[C@@H](CCCCN)C(N)=O)NC(=O)[C@H](Cc2ccccc2)NC(=O)[C@H](CO)NC(=O)CNC(=O)C(Cc2ccc(O)cc2)NC1=O. The number of carbonyl (C=O) groups excluding carboxylic acids is 9. The van der Waals surface area contributed by atoms with Gasteiger partial charge >= 0.3 is 0 Å². The van der Waals surface area contributed by atoms with Crippen LogP contribution >= 0.6 is 21.6 Å². The van der Waals surface area contributed by atoms with Crippen molar-refractivity contribution in [3.05, 3.63) is 65.7 Å². The molecule has 1 aliphatic rings. The Balaban J connectivity index is 2.03. The van der Waals surface area contributed by atoms with E-state index in [9.17, 15) is 53.4 Å². The monoisotopic (exact) mass is 1040 g/mol. The average molecular weight is 1050 g/mol. The lowest BCUT2D eigenvalue weighted by molar-refractivity contribution is -0.135. The molecule has 9 amide bonds. The molecular formula is C47H72N12O11S2. The van der Waals surface area contributed by atoms with Gasteiger partial charge < -0.3 is 75.7 Å². The van der Waals surface area contributed by atoms with E-state index in [2.05, 4.69) is 42.5 Å². The van der Waals surface area contributed by atoms with Crippen LogP contribution in [0.5, 0.6) is 5.75 Å². The Kier molecular flexibility index (Phi) is 26.9. The molecule has 25 heteroatoms. The lowest BCUT2D eigenvalue weighted by Crippen LogP contribution is -2.60. The molecule has 0 radical (unpaired) electrons. The molecule has 0 aliphatic carbocycles. The van der Waals surface area contributed by atoms with Crippen molar-refractivity contribution in [1.82, 2.24) is 42.5 Å². The van der Waals surface area contributed by atoms with Crippen LogP contribution in [-0.2, 0) is 56.0 Å². The van der Waals surface area contributed by atoms with Crippen LogP contribution in [0.3, 0.4) is 0 Å². The topological polar surface area (TPSA) is 394 Å². The number of hydrogen-bond acceptors (Lipinski definition) is 16. The van der Waals surface area contributed by atoms with Gasteiger partial charge in [-0.2, -0.15) is 0 Å². The third-order valence-corrected chi connectivity index (χ3v) is 14.1. The van der Waals surface area contributed by atoms with Gasteiger partial charge in [0.2, 0.25) is 53.2 Å². The number of rotatable bonds is 20. The van der Waals surface area contributed by atoms with Crippen molar-refractivity contribution in [2.24, 2.45) is 28.9 Å². The minimum absolute atomic E-state index is 0.0407. The Hall–Kier alpha value is -5.99. The fourth-order valence-corrected chi connectivity index (χ4v) is 9.50. The summed E-state index contributed by atoms with van der Waals surface area (Å²) in [4.78, 5) is 123. The summed E-state index contributed by atoms with van der Waals surface area (Å²) in [6, 6.07) is 3.93. The number of nitrogens with two attached hydrogens (primary N) is 4. The van der Waals surface area contributed by atoms with Gasteiger partial charge in [-0.1, -0.05) is 84.3 Å². The highest BCUT2D eigenvalue weighted by Gasteiger charge is 2.35. The molecule has 2 aromatic rings. The van der Waals surface area contributed by atoms with Crippen molar-refractivity contribution in [3.63, 3.8) is 0 Å². The van der Waals surface area contributed by atoms with Crippen LogP contribution in [0.1, 0.15) is 69.9 Å². The van der Waals surface area contributed by atoms with Crippen LogP contribution in [0, 0.1) is 5.92 Å². The number of hydrogen-bond donors (Lipinski definition) is 14. The van der Waals surface area contributed by atoms with Crippen molar-refractivity contribution in [2.45, 2.75) is 120 Å². The third kappa shape index (κ3) is 21.0. The summed E-state index contributed by atoms with van der Waals surface area (Å²) in [5.41, 5.74) is 24.4. The first kappa shape index (κ1) is 60.3. The van der Waals surface area contributed by atoms with E-state index in [0.29, 0.717) is 49.8 Å². The highest BCUT2D eigenvalue weighted by molar-refractivity contribution is 8.76. The Labute approximate surface area is 427 Å². The lowest BCUT2D eigenvalue weighted by Gasteiger charge is -2.27. The number of aliphatic hydroxyl groups excluding tert-OH is 1. The first-order chi connectivity index (χ1) is 34.4. The Bertz CT molecular complexity index is 2110. The summed E-state index contributed by atoms with van der Waals surface area (Å²) in [5.74, 6) is -8.10. The molecule has 1 heterocycles. The third-order valence-electron chi connectivity index (χ3n) is 11.7. The van der Waals surface area contributed by atoms with Crippen molar-refractivity contribution in [1.29, 1.82) is 0 Å². The van der Waals surface area contributed by atoms with Gasteiger partial charge in [0.15, 0.2) is 0 Å². The van der Waals surface area contributed by atoms with E-state index in [1.807, 2.05) is 0 Å². The predicted octanol–water partition coefficient (Wildman–Crippen LogP) is -2.81. The second kappa shape index (κ2) is 32.2. The maximum absolute atomic E-state index is 14.3. The predicted molar refractivity (Wildman–Crippen MR) is 273 cm³/mol. The van der Waals surface area contributed by atoms with Crippen LogP contribution in [-0.4, -0.2) is 149 Å². The number of carbonyl (C=O) groups is 9. The van der Waals surface area contributed by atoms with Gasteiger partial charge in [-0.05, 0) is 80.8 Å². The number of amides is 9. The van der Waals surface area contributed by atoms with Gasteiger partial charge in [0, 0.05) is 24.3 Å². The zero-order chi connectivity index (χ0) is 53.2. The molecule has 1 saturated heterocycles. The smallest absolute Gasteiger partial charge is 0.245 e. The number of benzene rings is 2. The molecule has 1 fully saturated rings. The van der Waals surface area contributed by atoms with Gasteiger partial charge in [-0.15, -0.1) is 0 Å². The second-order valence-corrected chi connectivity index (χ2v) is 20.0. The van der Waals surface area contributed by atoms with Gasteiger partial charge in [-0.25, -0.2) is 0 Å². The number of primary amides is 1. The number of unbranched alkanes of at least 4 members (excludes halogenated alkanes) is 2. The number of phenolic OH excluding ortho intramolecular Hbond substituents is 1. The molecule has 2 aromatic carbocycles. The number of phenols is 1. The maximum atomic E-state index is 14.3. The molecule has 0 aromatic heterocycles. The number of aromatic hydroxyl groups is 1. The van der Waals surface area contributed by atoms with Crippen molar-refractivity contribution in [2.75, 3.05) is 37.7 Å². The maximum Gasteiger partial charge on any atom is 0.245 e. The Morgan fingerprint density at radius 3 is 1.86 bits per heavy atom. The Morgan fingerprint density at radius 2 is 1.26 bits per heavy atom. The first-order valence-corrected chi connectivity index (χ1v) is 26.4. The minimum atomic E-state index is -1.64. The van der Waals surface area contributed by atoms with Crippen molar-refractivity contribution < 1.29 is 53.4 Å². The molecule has 72 heavy (non-hydrogen) atoms. The molecule has 23 nitrogen and oxygen atoms in total. The number of aliphatic hydroxyl groups is 1. The summed E-state index contributed by atoms with van der Waals surface area (Å²) in [7, 11) is 2.12. The van der Waals surface area contributed by atoms with Crippen LogP contribution in [0.25, 0.3) is 0 Å². The highest BCUT2D eigenvalue weighted by atomic mass is 33.1. The summed E-state index contributed by atoms with van der Waals surface area (Å²) in [6.45, 7) is 2.50. The quantitative estimate of drug-likeness (QED) is 0.0470. The largest absolute Gasteiger partial charge is 0.508 e. The van der Waals surface area contributed by atoms with Crippen LogP contribution in [0.4, 0.5) is 0 Å². The summed E-state index contributed by atoms with van der Waals surface area (Å²) in [5, 5.41) is 40.8. The molecular weight excluding hydrogens is 973 g/mol. The lowest BCUT2D eigenvalue weighted by atomic mass is 9.97. The van der Waals surface area contributed by atoms with E-state index in [0.717, 1.165) is 21.6 Å². The molecule has 0 spiro atoms. The molecule has 398 valence electrons. The van der Waals surface area contributed by atoms with Crippen LogP contribution in [0.15, 0.2) is 54.6 Å². The van der Waals surface area contributed by atoms with Gasteiger partial charge in [0.05, 0.1) is 19.2 Å². The number of nitrogens with one attached hydrogen (secondary N) is 8. The molecule has 1 unspecified atom stereocenters. The first-order valence-electron chi connectivity index (χ1n) is 23.9. The van der Waals surface area contributed by atoms with E-state index in [1.165, 1.54) is 24.3 Å². The van der Waals surface area contributed by atoms with Gasteiger partial charge in [0.25, 0.3) is 0 Å². The minimum Gasteiger partial charge on any atom is -0.508 e. The van der Waals surface area contributed by atoms with Crippen molar-refractivity contribution in [3.8, 4) is 5.75 Å². The zero-order valence-corrected chi connectivity index (χ0v) is 42.3. The fraction of sp³-hybridized carbons (Fsp3) is 0.553. The fourth-order valence-electron chi connectivity index (χ4n) is 7.22. The molecule has 3 rings (SSSR count). The molecule has 9 atom stereocenters. The van der Waals surface area contributed by atoms with Gasteiger partial charge in [0.1, 0.15) is 48.0 Å². The van der Waals surface area contributed by atoms with Crippen LogP contribution in [0.2, 0.25) is 0 Å². The summed E-state index contributed by atoms with van der Waals surface area (Å²) in [6.07, 6.45) is 2.43. The standard InChI is InChI=1S/C47H72N12O11S2/c1-3-27(2)39-47(70)57-34(22-29-15-17-30(61)18-16-29)42(65)52-23-38(62)53-36(24-60)45(68)56-35(21-28-11-5-4-6-12-28)44(67)58-37(26-72-71-25-31(50)41(64)59-39)46(69)55-33(14-8-10-20-49)43(66)54-32(40(51)63)13-7-9-19-48/h4-6,11-12,15-18,27,31-37,39,60-61H,3,7-10,13-14,19-26,48-50H2,1-2H3,(H2,51,63)(H,52,65)(H,53,62)(H,54,66)(H,55,69)(H,56,68)(H,57,70)(H,58,67)(H,59,64)/t27-,31-,32-,33-,34?,35-,36-,37-,39-/m0/s1. The second-order valence-electron chi connectivity index (χ2n) is 17.4. The van der Waals surface area contributed by atoms with E-state index >= 15 is 0 Å².